The van der Waals surface area contributed by atoms with Gasteiger partial charge in [0.2, 0.25) is 10.0 Å². The van der Waals surface area contributed by atoms with Gasteiger partial charge in [-0.1, -0.05) is 0 Å². The molecule has 1 aromatic rings. The highest BCUT2D eigenvalue weighted by Crippen LogP contribution is 2.20. The Balaban J connectivity index is 2.05. The zero-order valence-corrected chi connectivity index (χ0v) is 14.9. The molecule has 0 bridgehead atoms. The van der Waals surface area contributed by atoms with E-state index in [1.165, 1.54) is 22.6 Å². The number of phenols is 1. The summed E-state index contributed by atoms with van der Waals surface area (Å²) in [5, 5.41) is 21.3. The summed E-state index contributed by atoms with van der Waals surface area (Å²) in [5.41, 5.74) is 1.11. The number of carbonyl (C=O) groups excluding carboxylic acids is 1. The minimum Gasteiger partial charge on any atom is -0.508 e. The Bertz CT molecular complexity index is 834. The summed E-state index contributed by atoms with van der Waals surface area (Å²) in [6, 6.07) is 6.38. The molecule has 0 aliphatic carbocycles. The first-order valence-corrected chi connectivity index (χ1v) is 9.47. The van der Waals surface area contributed by atoms with E-state index in [0.717, 1.165) is 6.26 Å². The third-order valence-corrected chi connectivity index (χ3v) is 5.18. The van der Waals surface area contributed by atoms with Crippen LogP contribution in [0.4, 0.5) is 5.69 Å². The van der Waals surface area contributed by atoms with Gasteiger partial charge in [-0.15, -0.1) is 0 Å². The number of hydrogen-bond acceptors (Lipinski definition) is 6. The van der Waals surface area contributed by atoms with Gasteiger partial charge in [-0.3, -0.25) is 4.79 Å². The maximum atomic E-state index is 12.3. The van der Waals surface area contributed by atoms with Gasteiger partial charge in [-0.05, 0) is 30.7 Å². The average Bonchev–Trinajstić information content (AvgIpc) is 2.54. The van der Waals surface area contributed by atoms with Crippen molar-refractivity contribution in [1.29, 1.82) is 5.26 Å². The van der Waals surface area contributed by atoms with Gasteiger partial charge in [-0.2, -0.15) is 9.57 Å². The third-order valence-electron chi connectivity index (χ3n) is 3.88. The van der Waals surface area contributed by atoms with Crippen molar-refractivity contribution in [3.8, 4) is 11.8 Å². The van der Waals surface area contributed by atoms with Crippen LogP contribution in [-0.4, -0.2) is 61.1 Å². The van der Waals surface area contributed by atoms with Crippen LogP contribution < -0.4 is 5.32 Å². The molecule has 0 saturated carbocycles. The Kier molecular flexibility index (Phi) is 5.66. The number of sulfonamides is 1. The molecule has 1 aliphatic rings. The van der Waals surface area contributed by atoms with E-state index in [9.17, 15) is 23.6 Å². The van der Waals surface area contributed by atoms with E-state index in [-0.39, 0.29) is 11.3 Å². The molecule has 2 N–H and O–H groups in total. The number of hydrogen-bond donors (Lipinski definition) is 2. The number of benzene rings is 1. The summed E-state index contributed by atoms with van der Waals surface area (Å²) in [7, 11) is -3.23. The number of piperazine rings is 1. The smallest absolute Gasteiger partial charge is 0.267 e. The van der Waals surface area contributed by atoms with Gasteiger partial charge in [0.1, 0.15) is 17.4 Å². The molecule has 25 heavy (non-hydrogen) atoms. The second kappa shape index (κ2) is 7.55. The fraction of sp³-hybridized carbons (Fsp3) is 0.375. The number of nitriles is 1. The van der Waals surface area contributed by atoms with E-state index in [1.807, 2.05) is 6.07 Å². The number of phenolic OH excluding ortho intramolecular Hbond substituents is 1. The number of anilines is 1. The Morgan fingerprint density at radius 1 is 1.32 bits per heavy atom. The summed E-state index contributed by atoms with van der Waals surface area (Å²) in [6.45, 7) is 3.17. The first-order valence-electron chi connectivity index (χ1n) is 7.63. The normalized spacial score (nSPS) is 16.4. The van der Waals surface area contributed by atoms with Crippen molar-refractivity contribution >= 4 is 21.6 Å². The Morgan fingerprint density at radius 3 is 2.48 bits per heavy atom. The molecular weight excluding hydrogens is 344 g/mol. The van der Waals surface area contributed by atoms with Crippen molar-refractivity contribution in [3.05, 3.63) is 35.5 Å². The number of carbonyl (C=O) groups is 1. The van der Waals surface area contributed by atoms with Gasteiger partial charge < -0.3 is 15.3 Å². The van der Waals surface area contributed by atoms with Crippen molar-refractivity contribution in [3.63, 3.8) is 0 Å². The summed E-state index contributed by atoms with van der Waals surface area (Å²) in [6.07, 6.45) is 2.61. The number of aromatic hydroxyl groups is 1. The first kappa shape index (κ1) is 18.8. The highest BCUT2D eigenvalue weighted by atomic mass is 32.2. The maximum Gasteiger partial charge on any atom is 0.267 e. The van der Waals surface area contributed by atoms with E-state index in [2.05, 4.69) is 5.32 Å². The Hall–Kier alpha value is -2.57. The van der Waals surface area contributed by atoms with E-state index < -0.39 is 15.9 Å². The van der Waals surface area contributed by atoms with Gasteiger partial charge in [0, 0.05) is 38.1 Å². The highest BCUT2D eigenvalue weighted by molar-refractivity contribution is 7.88. The second-order valence-corrected chi connectivity index (χ2v) is 7.79. The lowest BCUT2D eigenvalue weighted by molar-refractivity contribution is -0.112. The van der Waals surface area contributed by atoms with E-state index in [4.69, 9.17) is 0 Å². The molecule has 9 heteroatoms. The molecule has 0 spiro atoms. The van der Waals surface area contributed by atoms with Crippen molar-refractivity contribution in [1.82, 2.24) is 9.21 Å². The Morgan fingerprint density at radius 2 is 1.96 bits per heavy atom. The molecule has 1 amide bonds. The summed E-state index contributed by atoms with van der Waals surface area (Å²) >= 11 is 0. The lowest BCUT2D eigenvalue weighted by Gasteiger charge is -2.32. The van der Waals surface area contributed by atoms with Crippen LogP contribution in [0.25, 0.3) is 0 Å². The zero-order chi connectivity index (χ0) is 18.6. The predicted molar refractivity (Wildman–Crippen MR) is 93.2 cm³/mol. The van der Waals surface area contributed by atoms with E-state index in [0.29, 0.717) is 37.4 Å². The van der Waals surface area contributed by atoms with Crippen molar-refractivity contribution in [2.24, 2.45) is 0 Å². The fourth-order valence-electron chi connectivity index (χ4n) is 2.46. The molecular formula is C16H20N4O4S. The first-order chi connectivity index (χ1) is 11.7. The minimum atomic E-state index is -3.23. The minimum absolute atomic E-state index is 0.0692. The van der Waals surface area contributed by atoms with Crippen molar-refractivity contribution in [2.45, 2.75) is 6.92 Å². The molecule has 1 heterocycles. The third kappa shape index (κ3) is 4.95. The lowest BCUT2D eigenvalue weighted by atomic mass is 10.1. The van der Waals surface area contributed by atoms with Crippen LogP contribution in [0, 0.1) is 18.3 Å². The van der Waals surface area contributed by atoms with Crippen LogP contribution in [0.2, 0.25) is 0 Å². The van der Waals surface area contributed by atoms with Gasteiger partial charge in [-0.25, -0.2) is 8.42 Å². The Labute approximate surface area is 147 Å². The van der Waals surface area contributed by atoms with Crippen LogP contribution in [0.1, 0.15) is 5.56 Å². The van der Waals surface area contributed by atoms with Gasteiger partial charge in [0.25, 0.3) is 5.91 Å². The number of amides is 1. The lowest BCUT2D eigenvalue weighted by Crippen LogP contribution is -2.46. The quantitative estimate of drug-likeness (QED) is 0.460. The molecule has 0 aromatic heterocycles. The largest absolute Gasteiger partial charge is 0.508 e. The summed E-state index contributed by atoms with van der Waals surface area (Å²) < 4.78 is 24.4. The second-order valence-electron chi connectivity index (χ2n) is 5.81. The summed E-state index contributed by atoms with van der Waals surface area (Å²) in [4.78, 5) is 14.0. The molecule has 0 radical (unpaired) electrons. The predicted octanol–water partition coefficient (Wildman–Crippen LogP) is 0.624. The van der Waals surface area contributed by atoms with Gasteiger partial charge in [0.05, 0.1) is 6.26 Å². The maximum absolute atomic E-state index is 12.3. The molecule has 1 fully saturated rings. The van der Waals surface area contributed by atoms with E-state index in [1.54, 1.807) is 17.9 Å². The molecule has 1 aromatic carbocycles. The molecule has 134 valence electrons. The SMILES string of the molecule is Cc1cc(O)ccc1NC(=O)/C(C#N)=C\N1CCN(S(C)(=O)=O)CC1. The van der Waals surface area contributed by atoms with Crippen LogP contribution in [0.15, 0.2) is 30.0 Å². The number of nitrogens with one attached hydrogen (secondary N) is 1. The van der Waals surface area contributed by atoms with Crippen molar-refractivity contribution < 1.29 is 18.3 Å². The van der Waals surface area contributed by atoms with Gasteiger partial charge >= 0.3 is 0 Å². The summed E-state index contributed by atoms with van der Waals surface area (Å²) in [5.74, 6) is -0.461. The van der Waals surface area contributed by atoms with Crippen LogP contribution in [0.3, 0.4) is 0 Å². The van der Waals surface area contributed by atoms with Crippen LogP contribution in [0.5, 0.6) is 5.75 Å². The number of nitrogens with zero attached hydrogens (tertiary/aromatic N) is 3. The van der Waals surface area contributed by atoms with Crippen molar-refractivity contribution in [2.75, 3.05) is 37.8 Å². The molecule has 8 nitrogen and oxygen atoms in total. The molecule has 1 saturated heterocycles. The van der Waals surface area contributed by atoms with Gasteiger partial charge in [0.15, 0.2) is 0 Å². The molecule has 0 atom stereocenters. The zero-order valence-electron chi connectivity index (χ0n) is 14.1. The molecule has 0 unspecified atom stereocenters. The van der Waals surface area contributed by atoms with E-state index >= 15 is 0 Å². The fourth-order valence-corrected chi connectivity index (χ4v) is 3.29. The molecule has 1 aliphatic heterocycles. The topological polar surface area (TPSA) is 114 Å². The van der Waals surface area contributed by atoms with Crippen LogP contribution in [-0.2, 0) is 14.8 Å². The highest BCUT2D eigenvalue weighted by Gasteiger charge is 2.23. The number of aryl methyl sites for hydroxylation is 1. The number of rotatable bonds is 4. The standard InChI is InChI=1S/C16H20N4O4S/c1-12-9-14(21)3-4-15(12)18-16(22)13(10-17)11-19-5-7-20(8-6-19)25(2,23)24/h3-4,9,11,21H,5-8H2,1-2H3,(H,18,22)/b13-11-. The monoisotopic (exact) mass is 364 g/mol. The van der Waals surface area contributed by atoms with Crippen LogP contribution >= 0.6 is 0 Å². The molecule has 2 rings (SSSR count). The average molecular weight is 364 g/mol.